The normalized spacial score (nSPS) is 21.7. The summed E-state index contributed by atoms with van der Waals surface area (Å²) in [5.74, 6) is 2.03. The summed E-state index contributed by atoms with van der Waals surface area (Å²) in [4.78, 5) is 2.56. The second-order valence-electron chi connectivity index (χ2n) is 10.4. The summed E-state index contributed by atoms with van der Waals surface area (Å²) in [5.41, 5.74) is 8.34. The van der Waals surface area contributed by atoms with Gasteiger partial charge in [0.25, 0.3) is 0 Å². The van der Waals surface area contributed by atoms with Crippen molar-refractivity contribution in [3.63, 3.8) is 0 Å². The van der Waals surface area contributed by atoms with Crippen LogP contribution >= 0.6 is 0 Å². The smallest absolute Gasteiger partial charge is 0.140 e. The standard InChI is InChI=1S/C26H33NO2.C4H8/c1-16(2)19(5)20-6-8-21(9-7-20)29-26-23-12-18(4)13-25(28)22(23)14-24(26)27-11-10-17(3)15-27;1-4(2)3/h6-9,12-13,17,24,26,28H,10-11,14-15H2,1-5H3;1H2,2-3H3/t17?,24?,26-;/m0./s1. The molecule has 1 aliphatic carbocycles. The highest BCUT2D eigenvalue weighted by Crippen LogP contribution is 2.43. The molecule has 1 N–H and O–H groups in total. The van der Waals surface area contributed by atoms with Crippen molar-refractivity contribution in [1.29, 1.82) is 0 Å². The number of rotatable bonds is 4. The summed E-state index contributed by atoms with van der Waals surface area (Å²) in [6, 6.07) is 12.8. The quantitative estimate of drug-likeness (QED) is 0.493. The average Bonchev–Trinajstić information content (AvgIpc) is 3.31. The zero-order chi connectivity index (χ0) is 24.3. The van der Waals surface area contributed by atoms with Crippen molar-refractivity contribution in [1.82, 2.24) is 4.90 Å². The third-order valence-corrected chi connectivity index (χ3v) is 6.70. The first-order valence-corrected chi connectivity index (χ1v) is 12.2. The molecule has 1 aliphatic heterocycles. The lowest BCUT2D eigenvalue weighted by atomic mass is 10.0. The summed E-state index contributed by atoms with van der Waals surface area (Å²) in [6.07, 6.45) is 2.05. The van der Waals surface area contributed by atoms with Crippen LogP contribution in [-0.4, -0.2) is 29.1 Å². The van der Waals surface area contributed by atoms with Crippen LogP contribution in [0.15, 0.2) is 54.1 Å². The Hall–Kier alpha value is -2.52. The molecule has 0 spiro atoms. The highest BCUT2D eigenvalue weighted by Gasteiger charge is 2.41. The molecule has 0 amide bonds. The van der Waals surface area contributed by atoms with Gasteiger partial charge in [0.15, 0.2) is 0 Å². The second-order valence-corrected chi connectivity index (χ2v) is 10.4. The van der Waals surface area contributed by atoms with Crippen LogP contribution in [0, 0.1) is 12.8 Å². The zero-order valence-corrected chi connectivity index (χ0v) is 21.5. The maximum atomic E-state index is 10.6. The predicted molar refractivity (Wildman–Crippen MR) is 140 cm³/mol. The van der Waals surface area contributed by atoms with Crippen molar-refractivity contribution in [3.05, 3.63) is 76.4 Å². The lowest BCUT2D eigenvalue weighted by molar-refractivity contribution is 0.0919. The molecule has 0 radical (unpaired) electrons. The van der Waals surface area contributed by atoms with E-state index in [1.54, 1.807) is 0 Å². The molecule has 0 aromatic heterocycles. The number of likely N-dealkylation sites (tertiary alicyclic amines) is 1. The minimum absolute atomic E-state index is 0.0449. The van der Waals surface area contributed by atoms with E-state index in [0.29, 0.717) is 5.75 Å². The first kappa shape index (κ1) is 25.1. The van der Waals surface area contributed by atoms with E-state index < -0.39 is 0 Å². The van der Waals surface area contributed by atoms with E-state index in [9.17, 15) is 5.11 Å². The predicted octanol–water partition coefficient (Wildman–Crippen LogP) is 7.48. The maximum absolute atomic E-state index is 10.6. The van der Waals surface area contributed by atoms with E-state index in [1.165, 1.54) is 28.7 Å². The number of allylic oxidation sites excluding steroid dienone is 3. The van der Waals surface area contributed by atoms with E-state index in [-0.39, 0.29) is 12.1 Å². The number of hydrogen-bond acceptors (Lipinski definition) is 3. The van der Waals surface area contributed by atoms with Gasteiger partial charge in [-0.3, -0.25) is 4.90 Å². The Kier molecular flexibility index (Phi) is 8.07. The molecule has 2 aromatic carbocycles. The second kappa shape index (κ2) is 10.6. The Morgan fingerprint density at radius 1 is 1.06 bits per heavy atom. The number of benzene rings is 2. The molecule has 1 saturated heterocycles. The molecule has 178 valence electrons. The molecule has 0 bridgehead atoms. The Balaban J connectivity index is 0.000000709. The van der Waals surface area contributed by atoms with Gasteiger partial charge in [0.1, 0.15) is 17.6 Å². The lowest BCUT2D eigenvalue weighted by Gasteiger charge is -2.30. The molecular weight excluding hydrogens is 406 g/mol. The molecule has 2 aliphatic rings. The molecule has 33 heavy (non-hydrogen) atoms. The van der Waals surface area contributed by atoms with Crippen LogP contribution in [0.3, 0.4) is 0 Å². The van der Waals surface area contributed by atoms with Crippen molar-refractivity contribution in [3.8, 4) is 11.5 Å². The van der Waals surface area contributed by atoms with Gasteiger partial charge in [0.2, 0.25) is 0 Å². The van der Waals surface area contributed by atoms with E-state index >= 15 is 0 Å². The van der Waals surface area contributed by atoms with Crippen LogP contribution in [0.1, 0.15) is 76.3 Å². The fourth-order valence-electron chi connectivity index (χ4n) is 4.78. The molecule has 2 unspecified atom stereocenters. The summed E-state index contributed by atoms with van der Waals surface area (Å²) in [7, 11) is 0. The number of aryl methyl sites for hydroxylation is 1. The van der Waals surface area contributed by atoms with E-state index in [2.05, 4.69) is 69.5 Å². The first-order valence-electron chi connectivity index (χ1n) is 12.2. The minimum atomic E-state index is -0.0449. The van der Waals surface area contributed by atoms with Gasteiger partial charge in [-0.1, -0.05) is 36.3 Å². The Morgan fingerprint density at radius 2 is 1.70 bits per heavy atom. The highest BCUT2D eigenvalue weighted by atomic mass is 16.5. The van der Waals surface area contributed by atoms with Crippen molar-refractivity contribution in [2.45, 2.75) is 73.5 Å². The summed E-state index contributed by atoms with van der Waals surface area (Å²) < 4.78 is 6.60. The van der Waals surface area contributed by atoms with Crippen molar-refractivity contribution < 1.29 is 9.84 Å². The number of aromatic hydroxyl groups is 1. The first-order chi connectivity index (χ1) is 15.6. The molecule has 1 fully saturated rings. The number of phenols is 1. The number of fused-ring (bicyclic) bond motifs is 1. The van der Waals surface area contributed by atoms with E-state index in [4.69, 9.17) is 4.74 Å². The van der Waals surface area contributed by atoms with E-state index in [1.807, 2.05) is 26.8 Å². The molecule has 1 heterocycles. The Bertz CT molecular complexity index is 1010. The summed E-state index contributed by atoms with van der Waals surface area (Å²) in [5, 5.41) is 10.6. The van der Waals surface area contributed by atoms with Gasteiger partial charge in [-0.25, -0.2) is 0 Å². The fourth-order valence-corrected chi connectivity index (χ4v) is 4.78. The van der Waals surface area contributed by atoms with Crippen molar-refractivity contribution in [2.75, 3.05) is 13.1 Å². The molecule has 3 atom stereocenters. The number of phenolic OH excluding ortho intramolecular Hbond substituents is 1. The highest BCUT2D eigenvalue weighted by molar-refractivity contribution is 5.66. The van der Waals surface area contributed by atoms with Crippen LogP contribution in [0.5, 0.6) is 11.5 Å². The summed E-state index contributed by atoms with van der Waals surface area (Å²) in [6.45, 7) is 20.5. The van der Waals surface area contributed by atoms with Gasteiger partial charge in [-0.05, 0) is 102 Å². The largest absolute Gasteiger partial charge is 0.508 e. The van der Waals surface area contributed by atoms with Crippen LogP contribution < -0.4 is 4.74 Å². The topological polar surface area (TPSA) is 32.7 Å². The van der Waals surface area contributed by atoms with Gasteiger partial charge < -0.3 is 9.84 Å². The lowest BCUT2D eigenvalue weighted by Crippen LogP contribution is -2.38. The molecule has 3 heteroatoms. The van der Waals surface area contributed by atoms with E-state index in [0.717, 1.165) is 47.9 Å². The summed E-state index contributed by atoms with van der Waals surface area (Å²) >= 11 is 0. The van der Waals surface area contributed by atoms with Gasteiger partial charge in [-0.15, -0.1) is 6.58 Å². The third kappa shape index (κ3) is 6.09. The van der Waals surface area contributed by atoms with Crippen LogP contribution in [0.2, 0.25) is 0 Å². The fraction of sp³-hybridized carbons (Fsp3) is 0.467. The van der Waals surface area contributed by atoms with Gasteiger partial charge in [0, 0.05) is 17.7 Å². The molecule has 4 rings (SSSR count). The molecule has 3 nitrogen and oxygen atoms in total. The molecule has 2 aromatic rings. The minimum Gasteiger partial charge on any atom is -0.508 e. The molecular formula is C30H41NO2. The number of hydrogen-bond donors (Lipinski definition) is 1. The maximum Gasteiger partial charge on any atom is 0.140 e. The van der Waals surface area contributed by atoms with Gasteiger partial charge >= 0.3 is 0 Å². The Morgan fingerprint density at radius 3 is 2.24 bits per heavy atom. The van der Waals surface area contributed by atoms with Crippen molar-refractivity contribution in [2.24, 2.45) is 5.92 Å². The van der Waals surface area contributed by atoms with Gasteiger partial charge in [0.05, 0.1) is 6.04 Å². The average molecular weight is 448 g/mol. The van der Waals surface area contributed by atoms with Crippen LogP contribution in [0.4, 0.5) is 0 Å². The van der Waals surface area contributed by atoms with Crippen LogP contribution in [-0.2, 0) is 6.42 Å². The van der Waals surface area contributed by atoms with Crippen LogP contribution in [0.25, 0.3) is 5.57 Å². The van der Waals surface area contributed by atoms with Crippen molar-refractivity contribution >= 4 is 5.57 Å². The Labute approximate surface area is 200 Å². The SMILES string of the molecule is C=C(C)C.CC(C)=C(C)c1ccc(O[C@H]2c3cc(C)cc(O)c3CC2N2CCC(C)C2)cc1. The third-order valence-electron chi connectivity index (χ3n) is 6.70. The number of nitrogens with zero attached hydrogens (tertiary/aromatic N) is 1. The monoisotopic (exact) mass is 447 g/mol. The van der Waals surface area contributed by atoms with Gasteiger partial charge in [-0.2, -0.15) is 0 Å². The molecule has 0 saturated carbocycles. The zero-order valence-electron chi connectivity index (χ0n) is 21.5. The number of ether oxygens (including phenoxy) is 1.